The van der Waals surface area contributed by atoms with E-state index in [1.807, 2.05) is 19.0 Å². The van der Waals surface area contributed by atoms with Gasteiger partial charge in [0.15, 0.2) is 9.84 Å². The molecule has 0 saturated carbocycles. The molecule has 0 saturated heterocycles. The molecular weight excluding hydrogens is 290 g/mol. The summed E-state index contributed by atoms with van der Waals surface area (Å²) in [7, 11) is 0.753. The van der Waals surface area contributed by atoms with Crippen LogP contribution in [0.15, 0.2) is 33.6 Å². The molecule has 0 spiro atoms. The number of hydrogen-bond acceptors (Lipinski definition) is 3. The molecule has 90 valence electrons. The van der Waals surface area contributed by atoms with Crippen molar-refractivity contribution in [2.75, 3.05) is 26.4 Å². The summed E-state index contributed by atoms with van der Waals surface area (Å²) in [6, 6.07) is 6.77. The van der Waals surface area contributed by atoms with E-state index in [4.69, 9.17) is 0 Å². The van der Waals surface area contributed by atoms with Crippen molar-refractivity contribution >= 4 is 25.8 Å². The molecule has 0 amide bonds. The number of benzene rings is 1. The van der Waals surface area contributed by atoms with E-state index in [0.29, 0.717) is 11.3 Å². The zero-order chi connectivity index (χ0) is 12.2. The Kier molecular flexibility index (Phi) is 4.95. The van der Waals surface area contributed by atoms with E-state index in [0.717, 1.165) is 11.0 Å². The number of halogens is 1. The fourth-order valence-corrected chi connectivity index (χ4v) is 2.89. The van der Waals surface area contributed by atoms with Crippen molar-refractivity contribution in [3.05, 3.63) is 28.7 Å². The van der Waals surface area contributed by atoms with Crippen LogP contribution in [-0.2, 0) is 9.84 Å². The summed E-state index contributed by atoms with van der Waals surface area (Å²) in [6.07, 6.45) is 0.658. The van der Waals surface area contributed by atoms with Crippen LogP contribution in [0.4, 0.5) is 0 Å². The molecule has 3 nitrogen and oxygen atoms in total. The minimum Gasteiger partial charge on any atom is -0.309 e. The Morgan fingerprint density at radius 2 is 1.75 bits per heavy atom. The highest BCUT2D eigenvalue weighted by Crippen LogP contribution is 2.16. The standard InChI is InChI=1S/C11H16BrNO2S/c1-13(2)8-3-9-16(14,15)11-6-4-10(12)5-7-11/h4-7H,3,8-9H2,1-2H3. The molecule has 1 rings (SSSR count). The molecule has 0 heterocycles. The quantitative estimate of drug-likeness (QED) is 0.837. The summed E-state index contributed by atoms with van der Waals surface area (Å²) in [6.45, 7) is 0.787. The molecule has 0 aliphatic carbocycles. The molecule has 16 heavy (non-hydrogen) atoms. The van der Waals surface area contributed by atoms with Crippen LogP contribution in [0.3, 0.4) is 0 Å². The Morgan fingerprint density at radius 1 is 1.19 bits per heavy atom. The van der Waals surface area contributed by atoms with E-state index in [2.05, 4.69) is 15.9 Å². The van der Waals surface area contributed by atoms with Gasteiger partial charge >= 0.3 is 0 Å². The second-order valence-corrected chi connectivity index (χ2v) is 6.95. The van der Waals surface area contributed by atoms with Gasteiger partial charge in [-0.05, 0) is 51.3 Å². The summed E-state index contributed by atoms with van der Waals surface area (Å²) in [4.78, 5) is 2.38. The van der Waals surface area contributed by atoms with E-state index in [1.165, 1.54) is 0 Å². The van der Waals surface area contributed by atoms with Crippen molar-refractivity contribution in [3.8, 4) is 0 Å². The van der Waals surface area contributed by atoms with Gasteiger partial charge in [0, 0.05) is 4.47 Å². The maximum absolute atomic E-state index is 11.9. The summed E-state index contributed by atoms with van der Waals surface area (Å²) in [5, 5.41) is 0. The van der Waals surface area contributed by atoms with Crippen LogP contribution in [0.25, 0.3) is 0 Å². The number of hydrogen-bond donors (Lipinski definition) is 0. The fourth-order valence-electron chi connectivity index (χ4n) is 1.33. The lowest BCUT2D eigenvalue weighted by Gasteiger charge is -2.09. The number of sulfone groups is 1. The van der Waals surface area contributed by atoms with Crippen LogP contribution in [0, 0.1) is 0 Å². The van der Waals surface area contributed by atoms with Crippen molar-refractivity contribution in [2.45, 2.75) is 11.3 Å². The molecule has 0 radical (unpaired) electrons. The highest BCUT2D eigenvalue weighted by Gasteiger charge is 2.13. The molecule has 0 aromatic heterocycles. The normalized spacial score (nSPS) is 12.0. The lowest BCUT2D eigenvalue weighted by atomic mass is 10.4. The first kappa shape index (κ1) is 13.7. The zero-order valence-electron chi connectivity index (χ0n) is 9.48. The Bertz CT molecular complexity index is 426. The molecule has 0 unspecified atom stereocenters. The lowest BCUT2D eigenvalue weighted by molar-refractivity contribution is 0.408. The van der Waals surface area contributed by atoms with Crippen molar-refractivity contribution < 1.29 is 8.42 Å². The van der Waals surface area contributed by atoms with Crippen LogP contribution < -0.4 is 0 Å². The monoisotopic (exact) mass is 305 g/mol. The Morgan fingerprint density at radius 3 is 2.25 bits per heavy atom. The molecule has 1 aromatic carbocycles. The first-order chi connectivity index (χ1) is 7.42. The van der Waals surface area contributed by atoms with Crippen LogP contribution in [0.5, 0.6) is 0 Å². The Hall–Kier alpha value is -0.390. The van der Waals surface area contributed by atoms with Crippen LogP contribution >= 0.6 is 15.9 Å². The van der Waals surface area contributed by atoms with Crippen LogP contribution in [0.2, 0.25) is 0 Å². The van der Waals surface area contributed by atoms with Gasteiger partial charge in [0.1, 0.15) is 0 Å². The van der Waals surface area contributed by atoms with Crippen LogP contribution in [0.1, 0.15) is 6.42 Å². The van der Waals surface area contributed by atoms with Gasteiger partial charge in [-0.2, -0.15) is 0 Å². The molecule has 0 bridgehead atoms. The van der Waals surface area contributed by atoms with Crippen molar-refractivity contribution in [3.63, 3.8) is 0 Å². The van der Waals surface area contributed by atoms with Gasteiger partial charge < -0.3 is 4.90 Å². The average molecular weight is 306 g/mol. The minimum absolute atomic E-state index is 0.201. The summed E-state index contributed by atoms with van der Waals surface area (Å²) in [5.41, 5.74) is 0. The molecule has 0 atom stereocenters. The first-order valence-electron chi connectivity index (χ1n) is 5.05. The zero-order valence-corrected chi connectivity index (χ0v) is 11.9. The summed E-state index contributed by atoms with van der Waals surface area (Å²) in [5.74, 6) is 0.201. The van der Waals surface area contributed by atoms with Gasteiger partial charge in [-0.25, -0.2) is 8.42 Å². The predicted molar refractivity (Wildman–Crippen MR) is 69.4 cm³/mol. The smallest absolute Gasteiger partial charge is 0.178 e. The second-order valence-electron chi connectivity index (χ2n) is 3.93. The van der Waals surface area contributed by atoms with Gasteiger partial charge in [-0.15, -0.1) is 0 Å². The third-order valence-electron chi connectivity index (χ3n) is 2.19. The van der Waals surface area contributed by atoms with Gasteiger partial charge in [-0.3, -0.25) is 0 Å². The third-order valence-corrected chi connectivity index (χ3v) is 4.54. The second kappa shape index (κ2) is 5.80. The minimum atomic E-state index is -3.12. The maximum atomic E-state index is 11.9. The van der Waals surface area contributed by atoms with Crippen molar-refractivity contribution in [2.24, 2.45) is 0 Å². The number of nitrogens with zero attached hydrogens (tertiary/aromatic N) is 1. The highest BCUT2D eigenvalue weighted by atomic mass is 79.9. The predicted octanol–water partition coefficient (Wildman–Crippen LogP) is 2.17. The first-order valence-corrected chi connectivity index (χ1v) is 7.49. The molecule has 5 heteroatoms. The van der Waals surface area contributed by atoms with Crippen molar-refractivity contribution in [1.29, 1.82) is 0 Å². The van der Waals surface area contributed by atoms with E-state index < -0.39 is 9.84 Å². The number of rotatable bonds is 5. The van der Waals surface area contributed by atoms with Gasteiger partial charge in [0.25, 0.3) is 0 Å². The largest absolute Gasteiger partial charge is 0.309 e. The molecule has 1 aromatic rings. The van der Waals surface area contributed by atoms with Crippen LogP contribution in [-0.4, -0.2) is 39.7 Å². The van der Waals surface area contributed by atoms with Gasteiger partial charge in [0.2, 0.25) is 0 Å². The average Bonchev–Trinajstić information content (AvgIpc) is 2.17. The van der Waals surface area contributed by atoms with E-state index >= 15 is 0 Å². The van der Waals surface area contributed by atoms with Gasteiger partial charge in [0.05, 0.1) is 10.6 Å². The summed E-state index contributed by atoms with van der Waals surface area (Å²) < 4.78 is 24.7. The van der Waals surface area contributed by atoms with Gasteiger partial charge in [-0.1, -0.05) is 15.9 Å². The summed E-state index contributed by atoms with van der Waals surface area (Å²) >= 11 is 3.28. The molecular formula is C11H16BrNO2S. The molecule has 0 aliphatic rings. The lowest BCUT2D eigenvalue weighted by Crippen LogP contribution is -2.17. The maximum Gasteiger partial charge on any atom is 0.178 e. The van der Waals surface area contributed by atoms with E-state index in [9.17, 15) is 8.42 Å². The Labute approximate surface area is 106 Å². The molecule has 0 N–H and O–H groups in total. The molecule has 0 aliphatic heterocycles. The van der Waals surface area contributed by atoms with E-state index in [1.54, 1.807) is 24.3 Å². The SMILES string of the molecule is CN(C)CCCS(=O)(=O)c1ccc(Br)cc1. The van der Waals surface area contributed by atoms with Crippen molar-refractivity contribution in [1.82, 2.24) is 4.90 Å². The Balaban J connectivity index is 2.67. The fraction of sp³-hybridized carbons (Fsp3) is 0.455. The van der Waals surface area contributed by atoms with E-state index in [-0.39, 0.29) is 5.75 Å². The third kappa shape index (κ3) is 4.23. The topological polar surface area (TPSA) is 37.4 Å². The highest BCUT2D eigenvalue weighted by molar-refractivity contribution is 9.10. The molecule has 0 fully saturated rings.